The van der Waals surface area contributed by atoms with E-state index in [-0.39, 0.29) is 0 Å². The molecule has 0 aliphatic carbocycles. The fourth-order valence-corrected chi connectivity index (χ4v) is 2.59. The number of methoxy groups -OCH3 is 1. The summed E-state index contributed by atoms with van der Waals surface area (Å²) in [4.78, 5) is 2.26. The van der Waals surface area contributed by atoms with Crippen molar-refractivity contribution in [3.05, 3.63) is 71.9 Å². The molecule has 2 aromatic carbocycles. The largest absolute Gasteiger partial charge is 0.497 e. The lowest BCUT2D eigenvalue weighted by Gasteiger charge is -2.26. The third-order valence-electron chi connectivity index (χ3n) is 3.74. The average molecular weight is 277 g/mol. The van der Waals surface area contributed by atoms with Gasteiger partial charge in [0, 0.05) is 24.0 Å². The second-order valence-corrected chi connectivity index (χ2v) is 4.99. The van der Waals surface area contributed by atoms with E-state index in [4.69, 9.17) is 4.74 Å². The summed E-state index contributed by atoms with van der Waals surface area (Å²) in [5, 5.41) is 0. The molecule has 0 radical (unpaired) electrons. The van der Waals surface area contributed by atoms with Gasteiger partial charge in [0.2, 0.25) is 0 Å². The second-order valence-electron chi connectivity index (χ2n) is 4.99. The number of hydrogen-bond acceptors (Lipinski definition) is 2. The summed E-state index contributed by atoms with van der Waals surface area (Å²) >= 11 is 0. The summed E-state index contributed by atoms with van der Waals surface area (Å²) in [5.74, 6) is 0.883. The first-order valence-corrected chi connectivity index (χ1v) is 7.22. The van der Waals surface area contributed by atoms with Gasteiger partial charge in [0.15, 0.2) is 0 Å². The summed E-state index contributed by atoms with van der Waals surface area (Å²) < 4.78 is 5.20. The number of nitrogens with zero attached hydrogens (tertiary/aromatic N) is 1. The molecule has 0 N–H and O–H groups in total. The molecule has 3 rings (SSSR count). The van der Waals surface area contributed by atoms with E-state index < -0.39 is 0 Å². The van der Waals surface area contributed by atoms with Crippen molar-refractivity contribution in [3.63, 3.8) is 0 Å². The Labute approximate surface area is 126 Å². The summed E-state index contributed by atoms with van der Waals surface area (Å²) in [5.41, 5.74) is 4.95. The van der Waals surface area contributed by atoms with Gasteiger partial charge in [-0.25, -0.2) is 0 Å². The molecule has 0 atom stereocenters. The zero-order chi connectivity index (χ0) is 14.7. The van der Waals surface area contributed by atoms with E-state index in [0.717, 1.165) is 12.3 Å². The van der Waals surface area contributed by atoms with Crippen LogP contribution in [0.15, 0.2) is 60.8 Å². The van der Waals surface area contributed by atoms with Gasteiger partial charge < -0.3 is 9.64 Å². The van der Waals surface area contributed by atoms with E-state index in [2.05, 4.69) is 66.6 Å². The summed E-state index contributed by atoms with van der Waals surface area (Å²) in [6.45, 7) is 3.14. The second kappa shape index (κ2) is 5.88. The molecule has 1 aliphatic rings. The molecule has 0 saturated carbocycles. The van der Waals surface area contributed by atoms with Crippen LogP contribution in [0.4, 0.5) is 5.69 Å². The van der Waals surface area contributed by atoms with Gasteiger partial charge in [0.05, 0.1) is 7.11 Å². The van der Waals surface area contributed by atoms with Crippen LogP contribution in [0.1, 0.15) is 18.1 Å². The van der Waals surface area contributed by atoms with Crippen LogP contribution in [0.2, 0.25) is 0 Å². The Morgan fingerprint density at radius 3 is 2.52 bits per heavy atom. The van der Waals surface area contributed by atoms with Gasteiger partial charge in [0.25, 0.3) is 0 Å². The van der Waals surface area contributed by atoms with Crippen molar-refractivity contribution in [2.75, 3.05) is 18.6 Å². The average Bonchev–Trinajstić information content (AvgIpc) is 2.56. The molecule has 0 spiro atoms. The molecule has 0 amide bonds. The number of fused-ring (bicyclic) bond motifs is 1. The van der Waals surface area contributed by atoms with Crippen LogP contribution in [0.25, 0.3) is 11.6 Å². The van der Waals surface area contributed by atoms with Crippen LogP contribution >= 0.6 is 0 Å². The monoisotopic (exact) mass is 277 g/mol. The van der Waals surface area contributed by atoms with Gasteiger partial charge in [-0.05, 0) is 48.4 Å². The Hall–Kier alpha value is -2.48. The SMILES string of the molecule is CCN1C=CC(=Cc2ccc(OC)cc2)c2ccccc21. The number of rotatable bonds is 3. The van der Waals surface area contributed by atoms with Crippen molar-refractivity contribution < 1.29 is 4.74 Å². The van der Waals surface area contributed by atoms with Crippen molar-refractivity contribution in [1.29, 1.82) is 0 Å². The molecule has 2 nitrogen and oxygen atoms in total. The molecule has 0 aromatic heterocycles. The highest BCUT2D eigenvalue weighted by molar-refractivity contribution is 5.94. The lowest BCUT2D eigenvalue weighted by molar-refractivity contribution is 0.415. The Morgan fingerprint density at radius 1 is 1.05 bits per heavy atom. The Balaban J connectivity index is 2.00. The van der Waals surface area contributed by atoms with Crippen molar-refractivity contribution in [2.24, 2.45) is 0 Å². The molecule has 0 fully saturated rings. The number of anilines is 1. The summed E-state index contributed by atoms with van der Waals surface area (Å²) in [6, 6.07) is 16.7. The first kappa shape index (κ1) is 13.5. The van der Waals surface area contributed by atoms with Crippen molar-refractivity contribution >= 4 is 17.3 Å². The van der Waals surface area contributed by atoms with Crippen LogP contribution in [0.3, 0.4) is 0 Å². The van der Waals surface area contributed by atoms with Crippen LogP contribution in [-0.2, 0) is 0 Å². The van der Waals surface area contributed by atoms with E-state index in [1.807, 2.05) is 12.1 Å². The molecule has 2 aromatic rings. The molecule has 1 heterocycles. The predicted octanol–water partition coefficient (Wildman–Crippen LogP) is 4.59. The molecular formula is C19H19NO. The number of hydrogen-bond donors (Lipinski definition) is 0. The van der Waals surface area contributed by atoms with Crippen LogP contribution in [0, 0.1) is 0 Å². The van der Waals surface area contributed by atoms with Crippen molar-refractivity contribution in [2.45, 2.75) is 6.92 Å². The first-order valence-electron chi connectivity index (χ1n) is 7.22. The topological polar surface area (TPSA) is 12.5 Å². The van der Waals surface area contributed by atoms with Gasteiger partial charge >= 0.3 is 0 Å². The van der Waals surface area contributed by atoms with Gasteiger partial charge in [0.1, 0.15) is 5.75 Å². The Kier molecular flexibility index (Phi) is 3.78. The number of ether oxygens (including phenoxy) is 1. The standard InChI is InChI=1S/C19H19NO/c1-3-20-13-12-16(18-6-4-5-7-19(18)20)14-15-8-10-17(21-2)11-9-15/h4-14H,3H2,1-2H3. The molecule has 2 heteroatoms. The molecular weight excluding hydrogens is 258 g/mol. The maximum Gasteiger partial charge on any atom is 0.118 e. The minimum atomic E-state index is 0.883. The van der Waals surface area contributed by atoms with Crippen LogP contribution in [0.5, 0.6) is 5.75 Å². The molecule has 0 bridgehead atoms. The predicted molar refractivity (Wildman–Crippen MR) is 89.5 cm³/mol. The number of allylic oxidation sites excluding steroid dienone is 2. The summed E-state index contributed by atoms with van der Waals surface area (Å²) in [6.07, 6.45) is 6.54. The highest BCUT2D eigenvalue weighted by Crippen LogP contribution is 2.33. The fraction of sp³-hybridized carbons (Fsp3) is 0.158. The van der Waals surface area contributed by atoms with Crippen molar-refractivity contribution in [3.8, 4) is 5.75 Å². The van der Waals surface area contributed by atoms with Crippen LogP contribution < -0.4 is 9.64 Å². The molecule has 0 saturated heterocycles. The van der Waals surface area contributed by atoms with Gasteiger partial charge in [-0.3, -0.25) is 0 Å². The first-order chi connectivity index (χ1) is 10.3. The van der Waals surface area contributed by atoms with Gasteiger partial charge in [-0.1, -0.05) is 30.3 Å². The maximum atomic E-state index is 5.20. The van der Waals surface area contributed by atoms with E-state index in [1.165, 1.54) is 22.4 Å². The van der Waals surface area contributed by atoms with E-state index in [1.54, 1.807) is 7.11 Å². The third-order valence-corrected chi connectivity index (χ3v) is 3.74. The number of benzene rings is 2. The molecule has 21 heavy (non-hydrogen) atoms. The normalized spacial score (nSPS) is 15.1. The minimum absolute atomic E-state index is 0.883. The van der Waals surface area contributed by atoms with Crippen molar-refractivity contribution in [1.82, 2.24) is 0 Å². The smallest absolute Gasteiger partial charge is 0.118 e. The van der Waals surface area contributed by atoms with Gasteiger partial charge in [-0.15, -0.1) is 0 Å². The maximum absolute atomic E-state index is 5.20. The highest BCUT2D eigenvalue weighted by atomic mass is 16.5. The Morgan fingerprint density at radius 2 is 1.81 bits per heavy atom. The summed E-state index contributed by atoms with van der Waals surface area (Å²) in [7, 11) is 1.69. The number of para-hydroxylation sites is 1. The highest BCUT2D eigenvalue weighted by Gasteiger charge is 2.14. The zero-order valence-electron chi connectivity index (χ0n) is 12.4. The lowest BCUT2D eigenvalue weighted by atomic mass is 9.98. The third kappa shape index (κ3) is 2.70. The zero-order valence-corrected chi connectivity index (χ0v) is 12.4. The van der Waals surface area contributed by atoms with E-state index >= 15 is 0 Å². The quantitative estimate of drug-likeness (QED) is 0.813. The lowest BCUT2D eigenvalue weighted by Crippen LogP contribution is -2.18. The van der Waals surface area contributed by atoms with E-state index in [0.29, 0.717) is 0 Å². The molecule has 106 valence electrons. The van der Waals surface area contributed by atoms with Crippen LogP contribution in [-0.4, -0.2) is 13.7 Å². The van der Waals surface area contributed by atoms with Gasteiger partial charge in [-0.2, -0.15) is 0 Å². The minimum Gasteiger partial charge on any atom is -0.497 e. The fourth-order valence-electron chi connectivity index (χ4n) is 2.59. The van der Waals surface area contributed by atoms with E-state index in [9.17, 15) is 0 Å². The Bertz CT molecular complexity index is 683. The molecule has 1 aliphatic heterocycles. The molecule has 0 unspecified atom stereocenters.